The molecular weight excluding hydrogens is 240 g/mol. The molecule has 4 nitrogen and oxygen atoms in total. The largest absolute Gasteiger partial charge is 0.477 e. The number of quaternary nitrogens is 1. The molecule has 0 saturated carbocycles. The van der Waals surface area contributed by atoms with Gasteiger partial charge in [0.15, 0.2) is 0 Å². The summed E-state index contributed by atoms with van der Waals surface area (Å²) in [7, 11) is 2.08. The standard InChI is InChI=1S/C15H32N2O2/c1-6-10-11-13-16(5)17(8-3,9-4)14(12-7-2)15(18)19/h14H,6-13H2,1-5H3/p+1. The SMILES string of the molecule is CCCCCN(C)[N+](CC)(CC)C(CCC)C(=O)O. The first-order valence-corrected chi connectivity index (χ1v) is 7.81. The Morgan fingerprint density at radius 2 is 1.68 bits per heavy atom. The van der Waals surface area contributed by atoms with Gasteiger partial charge < -0.3 is 5.11 Å². The molecule has 0 aromatic rings. The second-order valence-corrected chi connectivity index (χ2v) is 5.35. The zero-order chi connectivity index (χ0) is 14.9. The summed E-state index contributed by atoms with van der Waals surface area (Å²) in [4.78, 5) is 11.6. The Balaban J connectivity index is 5.01. The molecule has 0 aliphatic heterocycles. The van der Waals surface area contributed by atoms with E-state index in [-0.39, 0.29) is 6.04 Å². The summed E-state index contributed by atoms with van der Waals surface area (Å²) < 4.78 is 0.576. The van der Waals surface area contributed by atoms with Crippen LogP contribution in [-0.4, -0.2) is 53.4 Å². The van der Waals surface area contributed by atoms with Gasteiger partial charge >= 0.3 is 5.97 Å². The van der Waals surface area contributed by atoms with Gasteiger partial charge in [0.25, 0.3) is 0 Å². The van der Waals surface area contributed by atoms with Crippen LogP contribution in [0.1, 0.15) is 59.8 Å². The fraction of sp³-hybridized carbons (Fsp3) is 0.933. The minimum atomic E-state index is -0.659. The van der Waals surface area contributed by atoms with Gasteiger partial charge in [-0.1, -0.05) is 26.7 Å². The van der Waals surface area contributed by atoms with Gasteiger partial charge in [-0.25, -0.2) is 9.39 Å². The molecule has 0 aromatic carbocycles. The zero-order valence-electron chi connectivity index (χ0n) is 13.5. The monoisotopic (exact) mass is 273 g/mol. The van der Waals surface area contributed by atoms with Crippen LogP contribution in [0.2, 0.25) is 0 Å². The summed E-state index contributed by atoms with van der Waals surface area (Å²) in [6.45, 7) is 11.1. The zero-order valence-corrected chi connectivity index (χ0v) is 13.5. The molecule has 0 saturated heterocycles. The molecule has 0 rings (SSSR count). The van der Waals surface area contributed by atoms with Crippen molar-refractivity contribution in [3.05, 3.63) is 0 Å². The summed E-state index contributed by atoms with van der Waals surface area (Å²) >= 11 is 0. The highest BCUT2D eigenvalue weighted by atomic mass is 16.4. The maximum absolute atomic E-state index is 11.6. The number of hydrogen-bond donors (Lipinski definition) is 1. The van der Waals surface area contributed by atoms with E-state index in [1.807, 2.05) is 0 Å². The molecule has 0 fully saturated rings. The molecule has 0 amide bonds. The third-order valence-electron chi connectivity index (χ3n) is 4.29. The number of unbranched alkanes of at least 4 members (excludes halogenated alkanes) is 2. The summed E-state index contributed by atoms with van der Waals surface area (Å²) in [5.74, 6) is -0.659. The van der Waals surface area contributed by atoms with Crippen LogP contribution in [0.25, 0.3) is 0 Å². The maximum Gasteiger partial charge on any atom is 0.364 e. The van der Waals surface area contributed by atoms with E-state index in [4.69, 9.17) is 0 Å². The Bertz CT molecular complexity index is 253. The first-order chi connectivity index (χ1) is 8.99. The van der Waals surface area contributed by atoms with Gasteiger partial charge in [-0.05, 0) is 26.7 Å². The highest BCUT2D eigenvalue weighted by Crippen LogP contribution is 2.22. The van der Waals surface area contributed by atoms with Crippen molar-refractivity contribution in [1.82, 2.24) is 5.01 Å². The van der Waals surface area contributed by atoms with Crippen molar-refractivity contribution >= 4 is 5.97 Å². The molecule has 0 spiro atoms. The molecule has 0 aromatic heterocycles. The Morgan fingerprint density at radius 1 is 1.11 bits per heavy atom. The molecule has 114 valence electrons. The number of carboxylic acids is 1. The van der Waals surface area contributed by atoms with Crippen LogP contribution >= 0.6 is 0 Å². The second kappa shape index (κ2) is 9.32. The number of likely N-dealkylation sites (N-methyl/N-ethyl adjacent to an activating group) is 1. The van der Waals surface area contributed by atoms with Crippen molar-refractivity contribution in [2.45, 2.75) is 65.8 Å². The second-order valence-electron chi connectivity index (χ2n) is 5.35. The van der Waals surface area contributed by atoms with E-state index in [0.29, 0.717) is 4.59 Å². The number of rotatable bonds is 11. The van der Waals surface area contributed by atoms with Gasteiger partial charge in [-0.2, -0.15) is 5.01 Å². The fourth-order valence-electron chi connectivity index (χ4n) is 3.02. The molecule has 1 unspecified atom stereocenters. The normalized spacial score (nSPS) is 13.8. The Morgan fingerprint density at radius 3 is 2.05 bits per heavy atom. The lowest BCUT2D eigenvalue weighted by Crippen LogP contribution is -2.66. The number of carbonyl (C=O) groups is 1. The van der Waals surface area contributed by atoms with Crippen molar-refractivity contribution in [2.75, 3.05) is 26.7 Å². The fourth-order valence-corrected chi connectivity index (χ4v) is 3.02. The van der Waals surface area contributed by atoms with Crippen molar-refractivity contribution in [3.63, 3.8) is 0 Å². The van der Waals surface area contributed by atoms with E-state index < -0.39 is 5.97 Å². The van der Waals surface area contributed by atoms with Crippen LogP contribution < -0.4 is 0 Å². The van der Waals surface area contributed by atoms with Gasteiger partial charge in [-0.3, -0.25) is 0 Å². The van der Waals surface area contributed by atoms with Crippen LogP contribution in [-0.2, 0) is 4.79 Å². The molecule has 1 N–H and O–H groups in total. The van der Waals surface area contributed by atoms with Crippen molar-refractivity contribution in [1.29, 1.82) is 0 Å². The molecule has 0 aliphatic rings. The minimum absolute atomic E-state index is 0.313. The van der Waals surface area contributed by atoms with Crippen LogP contribution in [0.15, 0.2) is 0 Å². The van der Waals surface area contributed by atoms with E-state index in [1.165, 1.54) is 12.8 Å². The number of carboxylic acid groups (broad SMARTS) is 1. The first-order valence-electron chi connectivity index (χ1n) is 7.81. The quantitative estimate of drug-likeness (QED) is 0.357. The molecule has 0 aliphatic carbocycles. The van der Waals surface area contributed by atoms with Gasteiger partial charge in [0, 0.05) is 20.0 Å². The molecular formula is C15H33N2O2+. The average Bonchev–Trinajstić information content (AvgIpc) is 2.39. The Hall–Kier alpha value is -0.610. The molecule has 0 radical (unpaired) electrons. The van der Waals surface area contributed by atoms with Crippen LogP contribution in [0.4, 0.5) is 0 Å². The van der Waals surface area contributed by atoms with Crippen LogP contribution in [0.3, 0.4) is 0 Å². The van der Waals surface area contributed by atoms with E-state index >= 15 is 0 Å². The topological polar surface area (TPSA) is 40.5 Å². The van der Waals surface area contributed by atoms with E-state index in [0.717, 1.165) is 38.9 Å². The molecule has 1 atom stereocenters. The number of hydrogen-bond acceptors (Lipinski definition) is 2. The summed E-state index contributed by atoms with van der Waals surface area (Å²) in [6.07, 6.45) is 5.22. The van der Waals surface area contributed by atoms with Crippen molar-refractivity contribution in [3.8, 4) is 0 Å². The van der Waals surface area contributed by atoms with Gasteiger partial charge in [0.2, 0.25) is 6.04 Å². The lowest BCUT2D eigenvalue weighted by atomic mass is 10.1. The summed E-state index contributed by atoms with van der Waals surface area (Å²) in [6, 6.07) is -0.313. The first kappa shape index (κ1) is 18.4. The minimum Gasteiger partial charge on any atom is -0.477 e. The average molecular weight is 273 g/mol. The smallest absolute Gasteiger partial charge is 0.364 e. The third kappa shape index (κ3) is 4.77. The lowest BCUT2D eigenvalue weighted by molar-refractivity contribution is -1.04. The molecule has 0 heterocycles. The molecule has 0 bridgehead atoms. The van der Waals surface area contributed by atoms with Crippen molar-refractivity contribution < 1.29 is 14.5 Å². The molecule has 4 heteroatoms. The van der Waals surface area contributed by atoms with E-state index in [2.05, 4.69) is 39.8 Å². The Kier molecular flexibility index (Phi) is 9.02. The van der Waals surface area contributed by atoms with E-state index in [1.54, 1.807) is 0 Å². The third-order valence-corrected chi connectivity index (χ3v) is 4.29. The van der Waals surface area contributed by atoms with Crippen molar-refractivity contribution in [2.24, 2.45) is 0 Å². The van der Waals surface area contributed by atoms with Gasteiger partial charge in [-0.15, -0.1) is 0 Å². The Labute approximate surface area is 119 Å². The number of nitrogens with zero attached hydrogens (tertiary/aromatic N) is 2. The predicted octanol–water partition coefficient (Wildman–Crippen LogP) is 3.13. The highest BCUT2D eigenvalue weighted by Gasteiger charge is 2.42. The van der Waals surface area contributed by atoms with Gasteiger partial charge in [0.1, 0.15) is 0 Å². The maximum atomic E-state index is 11.6. The summed E-state index contributed by atoms with van der Waals surface area (Å²) in [5.41, 5.74) is 0. The predicted molar refractivity (Wildman–Crippen MR) is 79.8 cm³/mol. The number of aliphatic carboxylic acids is 1. The van der Waals surface area contributed by atoms with Gasteiger partial charge in [0.05, 0.1) is 13.1 Å². The van der Waals surface area contributed by atoms with Crippen LogP contribution in [0, 0.1) is 0 Å². The van der Waals surface area contributed by atoms with Crippen LogP contribution in [0.5, 0.6) is 0 Å². The summed E-state index contributed by atoms with van der Waals surface area (Å²) in [5, 5.41) is 11.8. The highest BCUT2D eigenvalue weighted by molar-refractivity contribution is 5.72. The van der Waals surface area contributed by atoms with E-state index in [9.17, 15) is 9.90 Å². The lowest BCUT2D eigenvalue weighted by Gasteiger charge is -2.46. The molecule has 19 heavy (non-hydrogen) atoms.